The van der Waals surface area contributed by atoms with Gasteiger partial charge in [-0.05, 0) is 30.2 Å². The van der Waals surface area contributed by atoms with Crippen molar-refractivity contribution in [2.45, 2.75) is 6.92 Å². The van der Waals surface area contributed by atoms with E-state index < -0.39 is 0 Å². The Morgan fingerprint density at radius 3 is 1.52 bits per heavy atom. The van der Waals surface area contributed by atoms with Gasteiger partial charge < -0.3 is 0 Å². The Morgan fingerprint density at radius 1 is 0.419 bits per heavy atom. The Morgan fingerprint density at radius 2 is 0.903 bits per heavy atom. The molecule has 0 aliphatic heterocycles. The molecular formula is C29H22N2. The van der Waals surface area contributed by atoms with Gasteiger partial charge in [-0.25, -0.2) is 9.97 Å². The van der Waals surface area contributed by atoms with E-state index in [1.54, 1.807) is 0 Å². The van der Waals surface area contributed by atoms with Crippen LogP contribution in [0.1, 0.15) is 5.56 Å². The van der Waals surface area contributed by atoms with Crippen LogP contribution in [-0.2, 0) is 0 Å². The average Bonchev–Trinajstić information content (AvgIpc) is 2.85. The zero-order chi connectivity index (χ0) is 21.0. The van der Waals surface area contributed by atoms with Crippen LogP contribution in [-0.4, -0.2) is 9.97 Å². The normalized spacial score (nSPS) is 10.7. The standard InChI is InChI=1S/C29H22N2/c1-21-9-8-14-26(19-21)29-30-27(24-12-6-3-7-13-24)20-28(31-29)25-17-15-23(16-18-25)22-10-4-2-5-11-22/h2-20H,1H3. The maximum Gasteiger partial charge on any atom is 0.160 e. The average molecular weight is 399 g/mol. The van der Waals surface area contributed by atoms with Crippen LogP contribution < -0.4 is 0 Å². The quantitative estimate of drug-likeness (QED) is 0.314. The molecule has 5 rings (SSSR count). The zero-order valence-electron chi connectivity index (χ0n) is 17.4. The van der Waals surface area contributed by atoms with E-state index in [2.05, 4.69) is 97.9 Å². The van der Waals surface area contributed by atoms with Crippen LogP contribution in [0.2, 0.25) is 0 Å². The summed E-state index contributed by atoms with van der Waals surface area (Å²) < 4.78 is 0. The molecular weight excluding hydrogens is 376 g/mol. The van der Waals surface area contributed by atoms with Gasteiger partial charge in [0.15, 0.2) is 5.82 Å². The van der Waals surface area contributed by atoms with E-state index in [0.29, 0.717) is 0 Å². The second-order valence-electron chi connectivity index (χ2n) is 7.64. The van der Waals surface area contributed by atoms with Crippen LogP contribution in [0.15, 0.2) is 115 Å². The highest BCUT2D eigenvalue weighted by atomic mass is 14.9. The van der Waals surface area contributed by atoms with Gasteiger partial charge >= 0.3 is 0 Å². The predicted molar refractivity (Wildman–Crippen MR) is 129 cm³/mol. The maximum atomic E-state index is 4.93. The van der Waals surface area contributed by atoms with Crippen molar-refractivity contribution in [2.24, 2.45) is 0 Å². The largest absolute Gasteiger partial charge is 0.228 e. The van der Waals surface area contributed by atoms with E-state index >= 15 is 0 Å². The molecule has 0 unspecified atom stereocenters. The highest BCUT2D eigenvalue weighted by Crippen LogP contribution is 2.29. The van der Waals surface area contributed by atoms with Crippen LogP contribution in [0.4, 0.5) is 0 Å². The Labute approximate surface area is 182 Å². The van der Waals surface area contributed by atoms with Crippen molar-refractivity contribution >= 4 is 0 Å². The first-order valence-electron chi connectivity index (χ1n) is 10.4. The predicted octanol–water partition coefficient (Wildman–Crippen LogP) is 7.45. The molecule has 1 heterocycles. The lowest BCUT2D eigenvalue weighted by Crippen LogP contribution is -1.96. The molecule has 0 N–H and O–H groups in total. The highest BCUT2D eigenvalue weighted by Gasteiger charge is 2.11. The first-order valence-corrected chi connectivity index (χ1v) is 10.4. The summed E-state index contributed by atoms with van der Waals surface area (Å²) in [5.41, 5.74) is 8.64. The minimum Gasteiger partial charge on any atom is -0.228 e. The smallest absolute Gasteiger partial charge is 0.160 e. The molecule has 5 aromatic rings. The minimum absolute atomic E-state index is 0.743. The monoisotopic (exact) mass is 398 g/mol. The molecule has 0 fully saturated rings. The number of hydrogen-bond donors (Lipinski definition) is 0. The lowest BCUT2D eigenvalue weighted by atomic mass is 10.0. The summed E-state index contributed by atoms with van der Waals surface area (Å²) in [6, 6.07) is 39.7. The van der Waals surface area contributed by atoms with E-state index in [1.165, 1.54) is 16.7 Å². The highest BCUT2D eigenvalue weighted by molar-refractivity contribution is 5.74. The molecule has 0 bridgehead atoms. The lowest BCUT2D eigenvalue weighted by molar-refractivity contribution is 1.18. The molecule has 31 heavy (non-hydrogen) atoms. The van der Waals surface area contributed by atoms with Crippen LogP contribution in [0.5, 0.6) is 0 Å². The molecule has 0 aliphatic carbocycles. The zero-order valence-corrected chi connectivity index (χ0v) is 17.4. The molecule has 148 valence electrons. The SMILES string of the molecule is Cc1cccc(-c2nc(-c3ccccc3)cc(-c3ccc(-c4ccccc4)cc3)n2)c1. The third-order valence-electron chi connectivity index (χ3n) is 5.36. The van der Waals surface area contributed by atoms with Gasteiger partial charge in [-0.1, -0.05) is 109 Å². The molecule has 2 nitrogen and oxygen atoms in total. The van der Waals surface area contributed by atoms with Gasteiger partial charge in [-0.2, -0.15) is 0 Å². The number of benzene rings is 4. The van der Waals surface area contributed by atoms with Gasteiger partial charge in [0.25, 0.3) is 0 Å². The topological polar surface area (TPSA) is 25.8 Å². The number of aryl methyl sites for hydroxylation is 1. The van der Waals surface area contributed by atoms with E-state index in [9.17, 15) is 0 Å². The fraction of sp³-hybridized carbons (Fsp3) is 0.0345. The molecule has 2 heteroatoms. The Hall–Kier alpha value is -4.04. The summed E-state index contributed by atoms with van der Waals surface area (Å²) in [6.07, 6.45) is 0. The first kappa shape index (κ1) is 19.0. The van der Waals surface area contributed by atoms with Crippen molar-refractivity contribution in [1.82, 2.24) is 9.97 Å². The fourth-order valence-electron chi connectivity index (χ4n) is 3.73. The Kier molecular flexibility index (Phi) is 5.12. The van der Waals surface area contributed by atoms with Crippen molar-refractivity contribution in [3.63, 3.8) is 0 Å². The molecule has 0 radical (unpaired) electrons. The van der Waals surface area contributed by atoms with Crippen molar-refractivity contribution in [3.05, 3.63) is 121 Å². The van der Waals surface area contributed by atoms with Crippen LogP contribution in [0.25, 0.3) is 45.0 Å². The summed E-state index contributed by atoms with van der Waals surface area (Å²) in [6.45, 7) is 2.09. The van der Waals surface area contributed by atoms with Crippen molar-refractivity contribution in [3.8, 4) is 45.0 Å². The van der Waals surface area contributed by atoms with Gasteiger partial charge in [0, 0.05) is 16.7 Å². The van der Waals surface area contributed by atoms with Gasteiger partial charge in [-0.3, -0.25) is 0 Å². The number of hydrogen-bond acceptors (Lipinski definition) is 2. The molecule has 0 amide bonds. The summed E-state index contributed by atoms with van der Waals surface area (Å²) >= 11 is 0. The number of aromatic nitrogens is 2. The molecule has 0 saturated heterocycles. The van der Waals surface area contributed by atoms with Crippen LogP contribution in [0.3, 0.4) is 0 Å². The summed E-state index contributed by atoms with van der Waals surface area (Å²) in [5.74, 6) is 0.743. The van der Waals surface area contributed by atoms with Crippen molar-refractivity contribution in [2.75, 3.05) is 0 Å². The van der Waals surface area contributed by atoms with Crippen molar-refractivity contribution < 1.29 is 0 Å². The van der Waals surface area contributed by atoms with E-state index in [4.69, 9.17) is 9.97 Å². The molecule has 0 saturated carbocycles. The molecule has 0 spiro atoms. The second kappa shape index (κ2) is 8.37. The Bertz CT molecular complexity index is 1310. The molecule has 0 atom stereocenters. The minimum atomic E-state index is 0.743. The second-order valence-corrected chi connectivity index (χ2v) is 7.64. The van der Waals surface area contributed by atoms with Gasteiger partial charge in [-0.15, -0.1) is 0 Å². The summed E-state index contributed by atoms with van der Waals surface area (Å²) in [5, 5.41) is 0. The lowest BCUT2D eigenvalue weighted by Gasteiger charge is -2.10. The third-order valence-corrected chi connectivity index (χ3v) is 5.36. The van der Waals surface area contributed by atoms with E-state index in [-0.39, 0.29) is 0 Å². The molecule has 1 aromatic heterocycles. The number of rotatable bonds is 4. The van der Waals surface area contributed by atoms with Gasteiger partial charge in [0.1, 0.15) is 0 Å². The summed E-state index contributed by atoms with van der Waals surface area (Å²) in [7, 11) is 0. The van der Waals surface area contributed by atoms with E-state index in [1.807, 2.05) is 24.3 Å². The molecule has 0 aliphatic rings. The van der Waals surface area contributed by atoms with Crippen LogP contribution in [0, 0.1) is 6.92 Å². The van der Waals surface area contributed by atoms with Crippen molar-refractivity contribution in [1.29, 1.82) is 0 Å². The summed E-state index contributed by atoms with van der Waals surface area (Å²) in [4.78, 5) is 9.83. The van der Waals surface area contributed by atoms with E-state index in [0.717, 1.165) is 33.9 Å². The first-order chi connectivity index (χ1) is 15.3. The van der Waals surface area contributed by atoms with Crippen LogP contribution >= 0.6 is 0 Å². The Balaban J connectivity index is 1.61. The van der Waals surface area contributed by atoms with Gasteiger partial charge in [0.05, 0.1) is 11.4 Å². The fourth-order valence-corrected chi connectivity index (χ4v) is 3.73. The number of nitrogens with zero attached hydrogens (tertiary/aromatic N) is 2. The third kappa shape index (κ3) is 4.15. The maximum absolute atomic E-state index is 4.93. The van der Waals surface area contributed by atoms with Gasteiger partial charge in [0.2, 0.25) is 0 Å². The molecule has 4 aromatic carbocycles.